The Kier molecular flexibility index (Phi) is 4.08. The standard InChI is InChI=1S/C10H7FN2O5/c11-7-2-1-6(5-8(7)13(17)18)12-9(14)3-4-10(15)16/h1-5H,(H,12,14)(H,15,16)/b4-3+. The monoisotopic (exact) mass is 254 g/mol. The lowest BCUT2D eigenvalue weighted by Gasteiger charge is -2.02. The summed E-state index contributed by atoms with van der Waals surface area (Å²) in [6, 6.07) is 2.78. The Bertz CT molecular complexity index is 541. The molecule has 0 aliphatic rings. The molecule has 94 valence electrons. The minimum Gasteiger partial charge on any atom is -0.478 e. The second kappa shape index (κ2) is 5.53. The van der Waals surface area contributed by atoms with Crippen molar-refractivity contribution in [3.8, 4) is 0 Å². The van der Waals surface area contributed by atoms with E-state index in [0.29, 0.717) is 6.08 Å². The number of nitrogens with zero attached hydrogens (tertiary/aromatic N) is 1. The highest BCUT2D eigenvalue weighted by Gasteiger charge is 2.14. The minimum atomic E-state index is -1.31. The molecular weight excluding hydrogens is 247 g/mol. The van der Waals surface area contributed by atoms with Crippen LogP contribution in [0.15, 0.2) is 30.4 Å². The first kappa shape index (κ1) is 13.3. The van der Waals surface area contributed by atoms with Gasteiger partial charge in [0.1, 0.15) is 0 Å². The van der Waals surface area contributed by atoms with Crippen LogP contribution in [0.2, 0.25) is 0 Å². The maximum atomic E-state index is 13.0. The predicted octanol–water partition coefficient (Wildman–Crippen LogP) is 1.31. The molecule has 0 atom stereocenters. The molecule has 0 saturated carbocycles. The van der Waals surface area contributed by atoms with Crippen LogP contribution in [0.4, 0.5) is 15.8 Å². The van der Waals surface area contributed by atoms with Gasteiger partial charge >= 0.3 is 11.7 Å². The van der Waals surface area contributed by atoms with Crippen LogP contribution in [0, 0.1) is 15.9 Å². The number of nitro groups is 1. The van der Waals surface area contributed by atoms with Crippen LogP contribution >= 0.6 is 0 Å². The summed E-state index contributed by atoms with van der Waals surface area (Å²) in [6.45, 7) is 0. The lowest BCUT2D eigenvalue weighted by atomic mass is 10.2. The molecular formula is C10H7FN2O5. The van der Waals surface area contributed by atoms with Crippen LogP contribution in [0.1, 0.15) is 0 Å². The van der Waals surface area contributed by atoms with Gasteiger partial charge in [0.25, 0.3) is 0 Å². The van der Waals surface area contributed by atoms with Crippen molar-refractivity contribution in [3.05, 3.63) is 46.3 Å². The van der Waals surface area contributed by atoms with Gasteiger partial charge in [0.2, 0.25) is 11.7 Å². The number of carboxylic acids is 1. The third-order valence-electron chi connectivity index (χ3n) is 1.79. The van der Waals surface area contributed by atoms with Crippen molar-refractivity contribution >= 4 is 23.3 Å². The summed E-state index contributed by atoms with van der Waals surface area (Å²) in [5.74, 6) is -3.13. The van der Waals surface area contributed by atoms with Gasteiger partial charge in [-0.05, 0) is 12.1 Å². The molecule has 0 aromatic heterocycles. The number of amides is 1. The van der Waals surface area contributed by atoms with E-state index in [2.05, 4.69) is 5.32 Å². The SMILES string of the molecule is O=C(O)/C=C/C(=O)Nc1ccc(F)c([N+](=O)[O-])c1. The van der Waals surface area contributed by atoms with E-state index in [1.807, 2.05) is 0 Å². The van der Waals surface area contributed by atoms with Crippen LogP contribution in [0.5, 0.6) is 0 Å². The van der Waals surface area contributed by atoms with Gasteiger partial charge in [-0.25, -0.2) is 4.79 Å². The van der Waals surface area contributed by atoms with E-state index in [1.54, 1.807) is 0 Å². The smallest absolute Gasteiger partial charge is 0.328 e. The lowest BCUT2D eigenvalue weighted by Crippen LogP contribution is -2.09. The number of nitro benzene ring substituents is 1. The maximum Gasteiger partial charge on any atom is 0.328 e. The Morgan fingerprint density at radius 2 is 2.06 bits per heavy atom. The summed E-state index contributed by atoms with van der Waals surface area (Å²) in [5, 5.41) is 20.9. The van der Waals surface area contributed by atoms with Crippen molar-refractivity contribution < 1.29 is 24.0 Å². The molecule has 18 heavy (non-hydrogen) atoms. The molecule has 0 unspecified atom stereocenters. The van der Waals surface area contributed by atoms with Crippen LogP contribution in [0.25, 0.3) is 0 Å². The molecule has 8 heteroatoms. The molecule has 0 aliphatic heterocycles. The first-order valence-electron chi connectivity index (χ1n) is 4.56. The number of carbonyl (C=O) groups is 2. The minimum absolute atomic E-state index is 0.0110. The van der Waals surface area contributed by atoms with Crippen molar-refractivity contribution in [2.75, 3.05) is 5.32 Å². The zero-order valence-electron chi connectivity index (χ0n) is 8.79. The van der Waals surface area contributed by atoms with E-state index in [4.69, 9.17) is 5.11 Å². The van der Waals surface area contributed by atoms with Gasteiger partial charge in [-0.1, -0.05) is 0 Å². The number of aliphatic carboxylic acids is 1. The van der Waals surface area contributed by atoms with E-state index in [9.17, 15) is 24.1 Å². The van der Waals surface area contributed by atoms with Crippen LogP contribution in [0.3, 0.4) is 0 Å². The zero-order chi connectivity index (χ0) is 13.7. The summed E-state index contributed by atoms with van der Waals surface area (Å²) in [4.78, 5) is 30.8. The topological polar surface area (TPSA) is 110 Å². The summed E-state index contributed by atoms with van der Waals surface area (Å²) >= 11 is 0. The summed E-state index contributed by atoms with van der Waals surface area (Å²) in [6.07, 6.45) is 1.34. The molecule has 0 heterocycles. The fraction of sp³-hybridized carbons (Fsp3) is 0. The third kappa shape index (κ3) is 3.67. The van der Waals surface area contributed by atoms with Gasteiger partial charge in [-0.3, -0.25) is 14.9 Å². The summed E-state index contributed by atoms with van der Waals surface area (Å²) < 4.78 is 13.0. The van der Waals surface area contributed by atoms with Crippen LogP contribution in [-0.2, 0) is 9.59 Å². The Morgan fingerprint density at radius 1 is 1.39 bits per heavy atom. The number of carboxylic acid groups (broad SMARTS) is 1. The van der Waals surface area contributed by atoms with E-state index in [-0.39, 0.29) is 5.69 Å². The van der Waals surface area contributed by atoms with E-state index in [0.717, 1.165) is 24.3 Å². The van der Waals surface area contributed by atoms with Crippen LogP contribution in [-0.4, -0.2) is 21.9 Å². The van der Waals surface area contributed by atoms with E-state index in [1.165, 1.54) is 0 Å². The van der Waals surface area contributed by atoms with Crippen molar-refractivity contribution in [3.63, 3.8) is 0 Å². The second-order valence-corrected chi connectivity index (χ2v) is 3.08. The fourth-order valence-electron chi connectivity index (χ4n) is 1.06. The molecule has 1 rings (SSSR count). The van der Waals surface area contributed by atoms with Crippen molar-refractivity contribution in [2.45, 2.75) is 0 Å². The van der Waals surface area contributed by atoms with Crippen molar-refractivity contribution in [2.24, 2.45) is 0 Å². The molecule has 1 aromatic carbocycles. The third-order valence-corrected chi connectivity index (χ3v) is 1.79. The number of halogens is 1. The lowest BCUT2D eigenvalue weighted by molar-refractivity contribution is -0.387. The Labute approximate surface area is 99.7 Å². The average molecular weight is 254 g/mol. The highest BCUT2D eigenvalue weighted by atomic mass is 19.1. The zero-order valence-corrected chi connectivity index (χ0v) is 8.79. The van der Waals surface area contributed by atoms with Gasteiger partial charge in [0.15, 0.2) is 0 Å². The number of hydrogen-bond acceptors (Lipinski definition) is 4. The van der Waals surface area contributed by atoms with Gasteiger partial charge in [0, 0.05) is 23.9 Å². The molecule has 2 N–H and O–H groups in total. The van der Waals surface area contributed by atoms with Gasteiger partial charge in [0.05, 0.1) is 4.92 Å². The maximum absolute atomic E-state index is 13.0. The normalized spacial score (nSPS) is 10.3. The molecule has 0 bridgehead atoms. The number of rotatable bonds is 4. The number of nitrogens with one attached hydrogen (secondary N) is 1. The summed E-state index contributed by atoms with van der Waals surface area (Å²) in [5.41, 5.74) is -0.793. The first-order valence-corrected chi connectivity index (χ1v) is 4.56. The number of carbonyl (C=O) groups excluding carboxylic acids is 1. The molecule has 0 radical (unpaired) electrons. The second-order valence-electron chi connectivity index (χ2n) is 3.08. The number of benzene rings is 1. The van der Waals surface area contributed by atoms with E-state index < -0.39 is 28.3 Å². The quantitative estimate of drug-likeness (QED) is 0.478. The molecule has 0 fully saturated rings. The van der Waals surface area contributed by atoms with Gasteiger partial charge in [-0.15, -0.1) is 0 Å². The summed E-state index contributed by atoms with van der Waals surface area (Å²) in [7, 11) is 0. The Balaban J connectivity index is 2.86. The fourth-order valence-corrected chi connectivity index (χ4v) is 1.06. The average Bonchev–Trinajstić information content (AvgIpc) is 2.28. The molecule has 0 saturated heterocycles. The van der Waals surface area contributed by atoms with Gasteiger partial charge < -0.3 is 10.4 Å². The highest BCUT2D eigenvalue weighted by molar-refractivity contribution is 6.02. The van der Waals surface area contributed by atoms with Crippen molar-refractivity contribution in [1.29, 1.82) is 0 Å². The molecule has 0 spiro atoms. The Hall–Kier alpha value is -2.77. The molecule has 1 amide bonds. The highest BCUT2D eigenvalue weighted by Crippen LogP contribution is 2.21. The van der Waals surface area contributed by atoms with Crippen LogP contribution < -0.4 is 5.32 Å². The van der Waals surface area contributed by atoms with Crippen molar-refractivity contribution in [1.82, 2.24) is 0 Å². The Morgan fingerprint density at radius 3 is 2.61 bits per heavy atom. The molecule has 1 aromatic rings. The number of hydrogen-bond donors (Lipinski definition) is 2. The number of anilines is 1. The van der Waals surface area contributed by atoms with Gasteiger partial charge in [-0.2, -0.15) is 4.39 Å². The van der Waals surface area contributed by atoms with E-state index >= 15 is 0 Å². The molecule has 0 aliphatic carbocycles. The molecule has 7 nitrogen and oxygen atoms in total. The first-order chi connectivity index (χ1) is 8.40. The predicted molar refractivity (Wildman–Crippen MR) is 58.5 cm³/mol. The largest absolute Gasteiger partial charge is 0.478 e.